The van der Waals surface area contributed by atoms with Crippen molar-refractivity contribution in [3.63, 3.8) is 0 Å². The summed E-state index contributed by atoms with van der Waals surface area (Å²) in [7, 11) is 2.97. The van der Waals surface area contributed by atoms with Crippen LogP contribution in [0.2, 0.25) is 0 Å². The number of piperidine rings is 1. The molecule has 1 N–H and O–H groups in total. The maximum Gasteiger partial charge on any atom is 0.255 e. The fraction of sp³-hybridized carbons (Fsp3) is 0.367. The van der Waals surface area contributed by atoms with E-state index in [-0.39, 0.29) is 23.3 Å². The molecule has 0 unspecified atom stereocenters. The van der Waals surface area contributed by atoms with Gasteiger partial charge in [0.25, 0.3) is 5.91 Å². The summed E-state index contributed by atoms with van der Waals surface area (Å²) in [4.78, 5) is 31.8. The van der Waals surface area contributed by atoms with Gasteiger partial charge in [-0.2, -0.15) is 0 Å². The van der Waals surface area contributed by atoms with Gasteiger partial charge in [0.2, 0.25) is 11.8 Å². The molecule has 2 heterocycles. The fourth-order valence-electron chi connectivity index (χ4n) is 5.47. The van der Waals surface area contributed by atoms with E-state index in [1.165, 1.54) is 24.9 Å². The van der Waals surface area contributed by atoms with Gasteiger partial charge < -0.3 is 19.7 Å². The average Bonchev–Trinajstić information content (AvgIpc) is 2.93. The number of nitrogens with one attached hydrogen (secondary N) is 1. The predicted molar refractivity (Wildman–Crippen MR) is 142 cm³/mol. The number of amides is 2. The van der Waals surface area contributed by atoms with Crippen molar-refractivity contribution in [1.29, 1.82) is 0 Å². The molecular formula is C30H32FN3O4. The van der Waals surface area contributed by atoms with Gasteiger partial charge in [-0.3, -0.25) is 9.59 Å². The highest BCUT2D eigenvalue weighted by molar-refractivity contribution is 6.00. The summed E-state index contributed by atoms with van der Waals surface area (Å²) in [5.74, 6) is 0.124. The highest BCUT2D eigenvalue weighted by Gasteiger charge is 2.45. The van der Waals surface area contributed by atoms with Crippen molar-refractivity contribution in [3.05, 3.63) is 83.3 Å². The number of likely N-dealkylation sites (tertiary alicyclic amines) is 1. The van der Waals surface area contributed by atoms with Crippen LogP contribution in [-0.4, -0.2) is 49.0 Å². The van der Waals surface area contributed by atoms with Crippen LogP contribution in [0.4, 0.5) is 10.1 Å². The molecule has 8 heteroatoms. The first-order valence-electron chi connectivity index (χ1n) is 13.0. The van der Waals surface area contributed by atoms with Gasteiger partial charge in [0.05, 0.1) is 25.2 Å². The molecule has 38 heavy (non-hydrogen) atoms. The molecule has 1 aliphatic carbocycles. The summed E-state index contributed by atoms with van der Waals surface area (Å²) in [5, 5.41) is 3.13. The van der Waals surface area contributed by atoms with E-state index in [0.717, 1.165) is 49.1 Å². The predicted octanol–water partition coefficient (Wildman–Crippen LogP) is 5.32. The number of pyridine rings is 1. The molecule has 0 radical (unpaired) electrons. The molecule has 2 aliphatic rings. The lowest BCUT2D eigenvalue weighted by Gasteiger charge is -2.40. The average molecular weight is 518 g/mol. The number of nitrogens with zero attached hydrogens (tertiary/aromatic N) is 2. The van der Waals surface area contributed by atoms with Crippen LogP contribution in [0, 0.1) is 5.82 Å². The first-order chi connectivity index (χ1) is 18.4. The maximum atomic E-state index is 14.0. The van der Waals surface area contributed by atoms with Crippen LogP contribution in [0.15, 0.2) is 60.8 Å². The lowest BCUT2D eigenvalue weighted by Crippen LogP contribution is -2.46. The zero-order valence-corrected chi connectivity index (χ0v) is 21.7. The molecule has 1 saturated heterocycles. The summed E-state index contributed by atoms with van der Waals surface area (Å²) in [6.07, 6.45) is 5.67. The third kappa shape index (κ3) is 4.95. The zero-order chi connectivity index (χ0) is 26.7. The lowest BCUT2D eigenvalue weighted by molar-refractivity contribution is -0.124. The van der Waals surface area contributed by atoms with E-state index in [1.54, 1.807) is 12.0 Å². The largest absolute Gasteiger partial charge is 0.497 e. The Morgan fingerprint density at radius 3 is 2.24 bits per heavy atom. The summed E-state index contributed by atoms with van der Waals surface area (Å²) in [5.41, 5.74) is 2.71. The minimum atomic E-state index is -0.646. The van der Waals surface area contributed by atoms with Crippen LogP contribution in [0.25, 0.3) is 0 Å². The molecule has 7 nitrogen and oxygen atoms in total. The fourth-order valence-corrected chi connectivity index (χ4v) is 5.47. The van der Waals surface area contributed by atoms with Gasteiger partial charge in [-0.05, 0) is 73.1 Å². The number of anilines is 1. The number of hydrogen-bond acceptors (Lipinski definition) is 5. The van der Waals surface area contributed by atoms with Crippen molar-refractivity contribution in [2.75, 3.05) is 32.6 Å². The Kier molecular flexibility index (Phi) is 7.31. The van der Waals surface area contributed by atoms with Crippen molar-refractivity contribution in [1.82, 2.24) is 9.88 Å². The SMILES string of the molecule is COc1ccc(C2(C(=O)Nc3ccc(C4CCN(C(=O)c5cnc(OC)c(F)c5)CC4)cc3)CCC2)cc1. The van der Waals surface area contributed by atoms with E-state index >= 15 is 0 Å². The topological polar surface area (TPSA) is 80.8 Å². The second-order valence-electron chi connectivity index (χ2n) is 10.0. The van der Waals surface area contributed by atoms with Gasteiger partial charge in [-0.25, -0.2) is 9.37 Å². The Hall–Kier alpha value is -3.94. The van der Waals surface area contributed by atoms with E-state index in [0.29, 0.717) is 19.0 Å². The Morgan fingerprint density at radius 2 is 1.68 bits per heavy atom. The van der Waals surface area contributed by atoms with Crippen LogP contribution in [0.5, 0.6) is 11.6 Å². The number of carbonyl (C=O) groups excluding carboxylic acids is 2. The summed E-state index contributed by atoms with van der Waals surface area (Å²) >= 11 is 0. The standard InChI is InChI=1S/C30H32FN3O4/c1-37-25-10-6-23(7-11-25)30(14-3-15-30)29(36)33-24-8-4-20(5-9-24)21-12-16-34(17-13-21)28(35)22-18-26(31)27(38-2)32-19-22/h4-11,18-19,21H,3,12-17H2,1-2H3,(H,33,36). The molecule has 2 aromatic carbocycles. The van der Waals surface area contributed by atoms with E-state index in [1.807, 2.05) is 36.4 Å². The van der Waals surface area contributed by atoms with Gasteiger partial charge >= 0.3 is 0 Å². The zero-order valence-electron chi connectivity index (χ0n) is 21.7. The quantitative estimate of drug-likeness (QED) is 0.459. The third-order valence-electron chi connectivity index (χ3n) is 7.95. The second-order valence-corrected chi connectivity index (χ2v) is 10.0. The number of ether oxygens (including phenoxy) is 2. The van der Waals surface area contributed by atoms with Crippen molar-refractivity contribution in [2.24, 2.45) is 0 Å². The van der Waals surface area contributed by atoms with Crippen molar-refractivity contribution >= 4 is 17.5 Å². The van der Waals surface area contributed by atoms with Gasteiger partial charge in [-0.1, -0.05) is 30.7 Å². The number of carbonyl (C=O) groups is 2. The molecular weight excluding hydrogens is 485 g/mol. The number of aromatic nitrogens is 1. The number of methoxy groups -OCH3 is 2. The molecule has 0 spiro atoms. The first-order valence-corrected chi connectivity index (χ1v) is 13.0. The van der Waals surface area contributed by atoms with Crippen LogP contribution >= 0.6 is 0 Å². The molecule has 3 aromatic rings. The Morgan fingerprint density at radius 1 is 1.00 bits per heavy atom. The first kappa shape index (κ1) is 25.7. The Bertz CT molecular complexity index is 1300. The summed E-state index contributed by atoms with van der Waals surface area (Å²) < 4.78 is 24.1. The molecule has 0 atom stereocenters. The molecule has 198 valence electrons. The highest BCUT2D eigenvalue weighted by atomic mass is 19.1. The summed E-state index contributed by atoms with van der Waals surface area (Å²) in [6.45, 7) is 1.17. The Labute approximate surface area is 222 Å². The molecule has 1 saturated carbocycles. The van der Waals surface area contributed by atoms with Gasteiger partial charge in [0.1, 0.15) is 5.75 Å². The van der Waals surface area contributed by atoms with Crippen LogP contribution in [0.3, 0.4) is 0 Å². The highest BCUT2D eigenvalue weighted by Crippen LogP contribution is 2.45. The molecule has 1 aromatic heterocycles. The number of rotatable bonds is 7. The smallest absolute Gasteiger partial charge is 0.255 e. The minimum Gasteiger partial charge on any atom is -0.497 e. The summed E-state index contributed by atoms with van der Waals surface area (Å²) in [6, 6.07) is 17.0. The van der Waals surface area contributed by atoms with Crippen LogP contribution in [-0.2, 0) is 10.2 Å². The van der Waals surface area contributed by atoms with Crippen LogP contribution < -0.4 is 14.8 Å². The maximum absolute atomic E-state index is 14.0. The van der Waals surface area contributed by atoms with E-state index < -0.39 is 11.2 Å². The molecule has 5 rings (SSSR count). The normalized spacial score (nSPS) is 16.9. The number of benzene rings is 2. The Balaban J connectivity index is 1.18. The molecule has 0 bridgehead atoms. The van der Waals surface area contributed by atoms with E-state index in [2.05, 4.69) is 22.4 Å². The molecule has 2 amide bonds. The lowest BCUT2D eigenvalue weighted by atomic mass is 9.63. The van der Waals surface area contributed by atoms with Crippen molar-refractivity contribution < 1.29 is 23.5 Å². The molecule has 1 aliphatic heterocycles. The van der Waals surface area contributed by atoms with Crippen molar-refractivity contribution in [2.45, 2.75) is 43.4 Å². The van der Waals surface area contributed by atoms with E-state index in [4.69, 9.17) is 9.47 Å². The number of hydrogen-bond donors (Lipinski definition) is 1. The third-order valence-corrected chi connectivity index (χ3v) is 7.95. The van der Waals surface area contributed by atoms with E-state index in [9.17, 15) is 14.0 Å². The monoisotopic (exact) mass is 517 g/mol. The number of halogens is 1. The van der Waals surface area contributed by atoms with Crippen molar-refractivity contribution in [3.8, 4) is 11.6 Å². The van der Waals surface area contributed by atoms with Gasteiger partial charge in [0.15, 0.2) is 5.82 Å². The minimum absolute atomic E-state index is 0.0259. The van der Waals surface area contributed by atoms with Crippen LogP contribution in [0.1, 0.15) is 59.5 Å². The molecule has 2 fully saturated rings. The van der Waals surface area contributed by atoms with Gasteiger partial charge in [0, 0.05) is 25.0 Å². The van der Waals surface area contributed by atoms with Gasteiger partial charge in [-0.15, -0.1) is 0 Å². The second kappa shape index (κ2) is 10.8.